The van der Waals surface area contributed by atoms with E-state index in [4.69, 9.17) is 0 Å². The van der Waals surface area contributed by atoms with Crippen LogP contribution in [-0.2, 0) is 5.75 Å². The molecule has 1 rings (SSSR count). The molecule has 50 valence electrons. The van der Waals surface area contributed by atoms with Crippen molar-refractivity contribution in [2.75, 3.05) is 0 Å². The summed E-state index contributed by atoms with van der Waals surface area (Å²) in [5.41, 5.74) is 1.25. The SMILES string of the molecule is SCc1csc(Br)c1Br. The minimum Gasteiger partial charge on any atom is -0.174 e. The first-order valence-electron chi connectivity index (χ1n) is 2.28. The number of thiol groups is 1. The monoisotopic (exact) mass is 286 g/mol. The molecule has 0 N–H and O–H groups in total. The molecule has 9 heavy (non-hydrogen) atoms. The quantitative estimate of drug-likeness (QED) is 0.748. The van der Waals surface area contributed by atoms with E-state index in [0.717, 1.165) is 14.0 Å². The Morgan fingerprint density at radius 3 is 2.44 bits per heavy atom. The summed E-state index contributed by atoms with van der Waals surface area (Å²) in [7, 11) is 0. The van der Waals surface area contributed by atoms with Crippen LogP contribution in [0.25, 0.3) is 0 Å². The van der Waals surface area contributed by atoms with Crippen molar-refractivity contribution in [2.24, 2.45) is 0 Å². The van der Waals surface area contributed by atoms with Gasteiger partial charge in [0.15, 0.2) is 0 Å². The zero-order chi connectivity index (χ0) is 6.85. The van der Waals surface area contributed by atoms with Gasteiger partial charge in [0, 0.05) is 10.2 Å². The minimum absolute atomic E-state index is 0.794. The average molecular weight is 288 g/mol. The maximum absolute atomic E-state index is 4.15. The van der Waals surface area contributed by atoms with Crippen molar-refractivity contribution in [3.05, 3.63) is 19.2 Å². The highest BCUT2D eigenvalue weighted by Crippen LogP contribution is 2.33. The number of halogens is 2. The summed E-state index contributed by atoms with van der Waals surface area (Å²) in [5.74, 6) is 0.794. The molecule has 0 amide bonds. The molecule has 0 bridgehead atoms. The molecule has 4 heteroatoms. The molecule has 0 fully saturated rings. The van der Waals surface area contributed by atoms with Crippen LogP contribution in [-0.4, -0.2) is 0 Å². The van der Waals surface area contributed by atoms with Crippen molar-refractivity contribution in [1.29, 1.82) is 0 Å². The van der Waals surface area contributed by atoms with E-state index < -0.39 is 0 Å². The third-order valence-electron chi connectivity index (χ3n) is 0.929. The van der Waals surface area contributed by atoms with E-state index in [1.165, 1.54) is 5.56 Å². The lowest BCUT2D eigenvalue weighted by Gasteiger charge is -1.88. The van der Waals surface area contributed by atoms with E-state index in [0.29, 0.717) is 0 Å². The van der Waals surface area contributed by atoms with E-state index in [1.807, 2.05) is 0 Å². The van der Waals surface area contributed by atoms with Crippen molar-refractivity contribution in [2.45, 2.75) is 5.75 Å². The fraction of sp³-hybridized carbons (Fsp3) is 0.200. The predicted octanol–water partition coefficient (Wildman–Crippen LogP) is 3.70. The van der Waals surface area contributed by atoms with E-state index in [1.54, 1.807) is 11.3 Å². The van der Waals surface area contributed by atoms with Crippen LogP contribution in [0.1, 0.15) is 5.56 Å². The van der Waals surface area contributed by atoms with Crippen LogP contribution in [0.4, 0.5) is 0 Å². The van der Waals surface area contributed by atoms with Gasteiger partial charge in [0.05, 0.1) is 3.79 Å². The van der Waals surface area contributed by atoms with Gasteiger partial charge < -0.3 is 0 Å². The molecule has 1 aromatic heterocycles. The van der Waals surface area contributed by atoms with E-state index in [9.17, 15) is 0 Å². The molecule has 0 radical (unpaired) electrons. The Balaban J connectivity index is 3.04. The first-order chi connectivity index (χ1) is 4.25. The zero-order valence-corrected chi connectivity index (χ0v) is 9.28. The summed E-state index contributed by atoms with van der Waals surface area (Å²) >= 11 is 12.6. The van der Waals surface area contributed by atoms with Gasteiger partial charge in [-0.1, -0.05) is 0 Å². The van der Waals surface area contributed by atoms with Crippen LogP contribution in [0.2, 0.25) is 0 Å². The van der Waals surface area contributed by atoms with Crippen LogP contribution >= 0.6 is 55.8 Å². The van der Waals surface area contributed by atoms with Gasteiger partial charge in [-0.05, 0) is 42.8 Å². The van der Waals surface area contributed by atoms with Gasteiger partial charge in [-0.15, -0.1) is 11.3 Å². The first kappa shape index (κ1) is 8.11. The van der Waals surface area contributed by atoms with Crippen molar-refractivity contribution in [3.8, 4) is 0 Å². The summed E-state index contributed by atoms with van der Waals surface area (Å²) in [5, 5.41) is 2.08. The summed E-state index contributed by atoms with van der Waals surface area (Å²) < 4.78 is 2.29. The van der Waals surface area contributed by atoms with Crippen LogP contribution in [0.5, 0.6) is 0 Å². The molecule has 0 saturated heterocycles. The van der Waals surface area contributed by atoms with Crippen LogP contribution in [0.3, 0.4) is 0 Å². The van der Waals surface area contributed by atoms with Crippen molar-refractivity contribution >= 4 is 55.8 Å². The van der Waals surface area contributed by atoms with Crippen LogP contribution < -0.4 is 0 Å². The van der Waals surface area contributed by atoms with E-state index >= 15 is 0 Å². The molecule has 1 aromatic rings. The highest BCUT2D eigenvalue weighted by molar-refractivity contribution is 9.13. The summed E-state index contributed by atoms with van der Waals surface area (Å²) in [4.78, 5) is 0. The second kappa shape index (κ2) is 3.42. The highest BCUT2D eigenvalue weighted by atomic mass is 79.9. The summed E-state index contributed by atoms with van der Waals surface area (Å²) in [6.45, 7) is 0. The molecule has 0 aliphatic rings. The maximum atomic E-state index is 4.15. The van der Waals surface area contributed by atoms with Gasteiger partial charge in [-0.25, -0.2) is 0 Å². The molecular weight excluding hydrogens is 284 g/mol. The van der Waals surface area contributed by atoms with Gasteiger partial charge in [-0.2, -0.15) is 12.6 Å². The lowest BCUT2D eigenvalue weighted by molar-refractivity contribution is 1.45. The Kier molecular flexibility index (Phi) is 3.08. The highest BCUT2D eigenvalue weighted by Gasteiger charge is 2.03. The molecule has 0 aliphatic carbocycles. The third kappa shape index (κ3) is 1.73. The largest absolute Gasteiger partial charge is 0.174 e. The smallest absolute Gasteiger partial charge is 0.0843 e. The second-order valence-corrected chi connectivity index (χ2v) is 4.81. The molecule has 0 atom stereocenters. The topological polar surface area (TPSA) is 0 Å². The lowest BCUT2D eigenvalue weighted by atomic mass is 10.4. The van der Waals surface area contributed by atoms with Crippen molar-refractivity contribution in [3.63, 3.8) is 0 Å². The molecular formula is C5H4Br2S2. The summed E-state index contributed by atoms with van der Waals surface area (Å²) in [6, 6.07) is 0. The number of hydrogen-bond donors (Lipinski definition) is 1. The van der Waals surface area contributed by atoms with Crippen molar-refractivity contribution in [1.82, 2.24) is 0 Å². The molecule has 0 spiro atoms. The Bertz CT molecular complexity index is 207. The number of hydrogen-bond acceptors (Lipinski definition) is 2. The number of thiophene rings is 1. The molecule has 0 aromatic carbocycles. The molecule has 0 unspecified atom stereocenters. The van der Waals surface area contributed by atoms with Gasteiger partial charge in [0.2, 0.25) is 0 Å². The molecule has 0 nitrogen and oxygen atoms in total. The Morgan fingerprint density at radius 2 is 2.22 bits per heavy atom. The Morgan fingerprint density at radius 1 is 1.56 bits per heavy atom. The minimum atomic E-state index is 0.794. The summed E-state index contributed by atoms with van der Waals surface area (Å²) in [6.07, 6.45) is 0. The third-order valence-corrected chi connectivity index (χ3v) is 4.74. The van der Waals surface area contributed by atoms with E-state index in [2.05, 4.69) is 49.9 Å². The Labute approximate surface area is 80.3 Å². The fourth-order valence-electron chi connectivity index (χ4n) is 0.459. The Hall–Kier alpha value is 1.01. The van der Waals surface area contributed by atoms with Crippen molar-refractivity contribution < 1.29 is 0 Å². The number of rotatable bonds is 1. The lowest BCUT2D eigenvalue weighted by Crippen LogP contribution is -1.69. The zero-order valence-electron chi connectivity index (χ0n) is 4.40. The van der Waals surface area contributed by atoms with Crippen LogP contribution in [0.15, 0.2) is 13.6 Å². The average Bonchev–Trinajstić information content (AvgIpc) is 2.15. The standard InChI is InChI=1S/C5H4Br2S2/c6-4-3(1-8)2-9-5(4)7/h2,8H,1H2. The van der Waals surface area contributed by atoms with Gasteiger partial charge >= 0.3 is 0 Å². The van der Waals surface area contributed by atoms with Gasteiger partial charge in [0.25, 0.3) is 0 Å². The molecule has 0 aliphatic heterocycles. The van der Waals surface area contributed by atoms with E-state index in [-0.39, 0.29) is 0 Å². The van der Waals surface area contributed by atoms with Gasteiger partial charge in [-0.3, -0.25) is 0 Å². The normalized spacial score (nSPS) is 10.1. The fourth-order valence-corrected chi connectivity index (χ4v) is 2.95. The first-order valence-corrected chi connectivity index (χ1v) is 5.37. The molecule has 1 heterocycles. The maximum Gasteiger partial charge on any atom is 0.0843 e. The van der Waals surface area contributed by atoms with Crippen LogP contribution in [0, 0.1) is 0 Å². The second-order valence-electron chi connectivity index (χ2n) is 1.51. The molecule has 0 saturated carbocycles. The predicted molar refractivity (Wildman–Crippen MR) is 52.4 cm³/mol. The van der Waals surface area contributed by atoms with Gasteiger partial charge in [0.1, 0.15) is 0 Å².